The van der Waals surface area contributed by atoms with Crippen LogP contribution in [0, 0.1) is 0 Å². The second kappa shape index (κ2) is 18.4. The zero-order chi connectivity index (χ0) is 44.1. The molecule has 3 nitrogen and oxygen atoms in total. The van der Waals surface area contributed by atoms with Gasteiger partial charge in [0.2, 0.25) is 0 Å². The third kappa shape index (κ3) is 8.28. The van der Waals surface area contributed by atoms with Gasteiger partial charge in [-0.1, -0.05) is 243 Å². The molecule has 3 heteroatoms. The summed E-state index contributed by atoms with van der Waals surface area (Å²) in [5.74, 6) is 0. The summed E-state index contributed by atoms with van der Waals surface area (Å²) in [5, 5.41) is 7.77. The highest BCUT2D eigenvalue weighted by molar-refractivity contribution is 6.05. The van der Waals surface area contributed by atoms with Crippen LogP contribution in [-0.4, -0.2) is 4.98 Å². The molecule has 11 rings (SSSR count). The quantitative estimate of drug-likeness (QED) is 0.144. The van der Waals surface area contributed by atoms with Crippen molar-refractivity contribution >= 4 is 5.70 Å². The van der Waals surface area contributed by atoms with Gasteiger partial charge in [-0.25, -0.2) is 4.98 Å². The molecule has 10 aromatic rings. The summed E-state index contributed by atoms with van der Waals surface area (Å²) >= 11 is 0. The van der Waals surface area contributed by atoms with E-state index in [1.165, 1.54) is 22.3 Å². The first-order chi connectivity index (χ1) is 32.7. The molecule has 1 aliphatic rings. The minimum absolute atomic E-state index is 0.0557. The van der Waals surface area contributed by atoms with Crippen molar-refractivity contribution in [2.75, 3.05) is 0 Å². The Morgan fingerprint density at radius 2 is 0.682 bits per heavy atom. The van der Waals surface area contributed by atoms with E-state index in [0.29, 0.717) is 0 Å². The Balaban J connectivity index is 1.06. The van der Waals surface area contributed by atoms with Crippen molar-refractivity contribution in [2.45, 2.75) is 12.2 Å². The first-order valence-corrected chi connectivity index (χ1v) is 22.7. The molecule has 1 aromatic heterocycles. The van der Waals surface area contributed by atoms with Gasteiger partial charge in [0.1, 0.15) is 6.17 Å². The van der Waals surface area contributed by atoms with Crippen molar-refractivity contribution in [2.24, 2.45) is 0 Å². The van der Waals surface area contributed by atoms with Gasteiger partial charge in [0.05, 0.1) is 17.4 Å². The van der Waals surface area contributed by atoms with Gasteiger partial charge in [-0.3, -0.25) is 5.32 Å². The van der Waals surface area contributed by atoms with Gasteiger partial charge in [0.15, 0.2) is 0 Å². The Labute approximate surface area is 387 Å². The van der Waals surface area contributed by atoms with Crippen molar-refractivity contribution < 1.29 is 0 Å². The zero-order valence-electron chi connectivity index (χ0n) is 36.4. The van der Waals surface area contributed by atoms with Crippen LogP contribution < -0.4 is 10.6 Å². The molecule has 2 heterocycles. The Morgan fingerprint density at radius 1 is 0.288 bits per heavy atom. The normalized spacial score (nSPS) is 14.5. The molecular weight excluding hydrogens is 799 g/mol. The average Bonchev–Trinajstić information content (AvgIpc) is 3.41. The summed E-state index contributed by atoms with van der Waals surface area (Å²) in [6, 6.07) is 90.9. The van der Waals surface area contributed by atoms with Crippen LogP contribution in [0.2, 0.25) is 0 Å². The molecule has 0 saturated heterocycles. The molecule has 9 aromatic carbocycles. The van der Waals surface area contributed by atoms with Crippen LogP contribution in [0.4, 0.5) is 0 Å². The lowest BCUT2D eigenvalue weighted by molar-refractivity contribution is 0.443. The van der Waals surface area contributed by atoms with E-state index in [9.17, 15) is 0 Å². The molecule has 2 unspecified atom stereocenters. The molecule has 0 bridgehead atoms. The number of pyridine rings is 1. The molecule has 0 spiro atoms. The number of benzene rings is 9. The van der Waals surface area contributed by atoms with E-state index in [2.05, 4.69) is 271 Å². The molecule has 66 heavy (non-hydrogen) atoms. The number of nitrogens with zero attached hydrogens (tertiary/aromatic N) is 1. The lowest BCUT2D eigenvalue weighted by atomic mass is 9.82. The van der Waals surface area contributed by atoms with Gasteiger partial charge in [-0.2, -0.15) is 0 Å². The Kier molecular flexibility index (Phi) is 11.3. The second-order valence-corrected chi connectivity index (χ2v) is 16.8. The molecular formula is C63H47N3. The Morgan fingerprint density at radius 3 is 1.23 bits per heavy atom. The number of rotatable bonds is 10. The fourth-order valence-electron chi connectivity index (χ4n) is 9.33. The van der Waals surface area contributed by atoms with Crippen molar-refractivity contribution in [3.63, 3.8) is 0 Å². The van der Waals surface area contributed by atoms with E-state index in [-0.39, 0.29) is 12.2 Å². The highest BCUT2D eigenvalue weighted by Crippen LogP contribution is 2.49. The Hall–Kier alpha value is -8.37. The lowest BCUT2D eigenvalue weighted by Gasteiger charge is -2.33. The molecule has 2 N–H and O–H groups in total. The molecule has 0 saturated carbocycles. The minimum Gasteiger partial charge on any atom is -0.366 e. The zero-order valence-corrected chi connectivity index (χ0v) is 36.4. The van der Waals surface area contributed by atoms with E-state index < -0.39 is 0 Å². The second-order valence-electron chi connectivity index (χ2n) is 16.8. The molecule has 0 aliphatic carbocycles. The summed E-state index contributed by atoms with van der Waals surface area (Å²) < 4.78 is 0. The van der Waals surface area contributed by atoms with Crippen molar-refractivity contribution in [1.82, 2.24) is 15.6 Å². The third-order valence-electron chi connectivity index (χ3n) is 12.6. The van der Waals surface area contributed by atoms with Gasteiger partial charge in [-0.05, 0) is 73.8 Å². The predicted octanol–water partition coefficient (Wildman–Crippen LogP) is 15.7. The largest absolute Gasteiger partial charge is 0.366 e. The van der Waals surface area contributed by atoms with Gasteiger partial charge in [-0.15, -0.1) is 0 Å². The maximum atomic E-state index is 5.65. The number of hydrogen-bond donors (Lipinski definition) is 2. The highest BCUT2D eigenvalue weighted by Gasteiger charge is 2.27. The van der Waals surface area contributed by atoms with Gasteiger partial charge >= 0.3 is 0 Å². The van der Waals surface area contributed by atoms with E-state index in [1.54, 1.807) is 0 Å². The van der Waals surface area contributed by atoms with Crippen LogP contribution in [0.1, 0.15) is 28.9 Å². The summed E-state index contributed by atoms with van der Waals surface area (Å²) in [7, 11) is 0. The molecule has 0 radical (unpaired) electrons. The third-order valence-corrected chi connectivity index (χ3v) is 12.6. The first-order valence-electron chi connectivity index (χ1n) is 22.7. The predicted molar refractivity (Wildman–Crippen MR) is 275 cm³/mol. The molecule has 2 atom stereocenters. The smallest absolute Gasteiger partial charge is 0.104 e. The van der Waals surface area contributed by atoms with E-state index in [1.807, 2.05) is 0 Å². The van der Waals surface area contributed by atoms with Crippen LogP contribution in [0.25, 0.3) is 83.8 Å². The number of aromatic nitrogens is 1. The average molecular weight is 846 g/mol. The monoisotopic (exact) mass is 845 g/mol. The summed E-state index contributed by atoms with van der Waals surface area (Å²) in [6.07, 6.45) is 2.24. The fraction of sp³-hybridized carbons (Fsp3) is 0.0317. The van der Waals surface area contributed by atoms with Crippen molar-refractivity contribution in [1.29, 1.82) is 0 Å². The standard InChI is InChI=1S/C63H47N3/c1-7-21-44(22-8-1)45-37-39-46(40-38-45)56-43-57(65-63(64-56)51-31-17-6-18-32-51)54-35-19-33-52(41-54)53-34-20-36-55(42-53)58-59(47-23-9-2-10-24-47)61(49-27-13-4-14-28-49)66-62(50-29-15-5-16-30-50)60(58)48-25-11-3-12-26-48/h1-43,57,63-65H. The van der Waals surface area contributed by atoms with Gasteiger partial charge in [0.25, 0.3) is 0 Å². The van der Waals surface area contributed by atoms with E-state index in [0.717, 1.165) is 78.3 Å². The Bertz CT molecular complexity index is 3160. The van der Waals surface area contributed by atoms with Crippen molar-refractivity contribution in [3.05, 3.63) is 278 Å². The number of nitrogens with one attached hydrogen (secondary N) is 2. The summed E-state index contributed by atoms with van der Waals surface area (Å²) in [5.41, 5.74) is 20.1. The van der Waals surface area contributed by atoms with Crippen LogP contribution in [0.5, 0.6) is 0 Å². The summed E-state index contributed by atoms with van der Waals surface area (Å²) in [4.78, 5) is 5.65. The molecule has 0 amide bonds. The highest BCUT2D eigenvalue weighted by atomic mass is 15.2. The van der Waals surface area contributed by atoms with Crippen LogP contribution in [-0.2, 0) is 0 Å². The molecule has 1 aliphatic heterocycles. The SMILES string of the molecule is C1=C(c2ccc(-c3ccccc3)cc2)NC(c2ccccc2)NC1c1cccc(-c2cccc(-c3c(-c4ccccc4)c(-c4ccccc4)nc(-c4ccccc4)c3-c3ccccc3)c2)c1. The van der Waals surface area contributed by atoms with E-state index in [4.69, 9.17) is 4.98 Å². The van der Waals surface area contributed by atoms with Crippen LogP contribution in [0.3, 0.4) is 0 Å². The fourth-order valence-corrected chi connectivity index (χ4v) is 9.33. The van der Waals surface area contributed by atoms with Gasteiger partial charge in [0, 0.05) is 33.5 Å². The van der Waals surface area contributed by atoms with Crippen LogP contribution >= 0.6 is 0 Å². The lowest BCUT2D eigenvalue weighted by Crippen LogP contribution is -2.39. The topological polar surface area (TPSA) is 37.0 Å². The first kappa shape index (κ1) is 40.4. The summed E-state index contributed by atoms with van der Waals surface area (Å²) in [6.45, 7) is 0. The van der Waals surface area contributed by atoms with Crippen LogP contribution in [0.15, 0.2) is 261 Å². The molecule has 0 fully saturated rings. The maximum absolute atomic E-state index is 5.65. The van der Waals surface area contributed by atoms with E-state index >= 15 is 0 Å². The van der Waals surface area contributed by atoms with Crippen molar-refractivity contribution in [3.8, 4) is 78.1 Å². The van der Waals surface area contributed by atoms with Gasteiger partial charge < -0.3 is 5.32 Å². The minimum atomic E-state index is -0.0888. The maximum Gasteiger partial charge on any atom is 0.104 e. The number of hydrogen-bond acceptors (Lipinski definition) is 3. The molecule has 314 valence electrons.